The van der Waals surface area contributed by atoms with Crippen molar-refractivity contribution in [2.75, 3.05) is 11.9 Å². The molecule has 0 aliphatic rings. The van der Waals surface area contributed by atoms with E-state index in [0.29, 0.717) is 12.2 Å². The molecule has 2 aromatic rings. The summed E-state index contributed by atoms with van der Waals surface area (Å²) in [6, 6.07) is 14.4. The third-order valence-electron chi connectivity index (χ3n) is 3.27. The molecule has 0 saturated heterocycles. The Morgan fingerprint density at radius 3 is 2.29 bits per heavy atom. The van der Waals surface area contributed by atoms with Crippen LogP contribution in [0.1, 0.15) is 36.2 Å². The fraction of sp³-hybridized carbons (Fsp3) is 0.200. The van der Waals surface area contributed by atoms with Gasteiger partial charge < -0.3 is 10.1 Å². The third-order valence-corrected chi connectivity index (χ3v) is 3.27. The molecule has 2 aromatic carbocycles. The smallest absolute Gasteiger partial charge is 0.221 e. The standard InChI is InChI=1S/C20H21NO3/c1-3-14-24-19-11-7-17(8-12-19)20(23)13-6-16-4-9-18(10-5-16)21-15(2)22/h4-13H,3,14H2,1-2H3,(H,21,22)/b13-6+. The van der Waals surface area contributed by atoms with Gasteiger partial charge in [0.05, 0.1) is 6.61 Å². The van der Waals surface area contributed by atoms with Crippen molar-refractivity contribution in [3.05, 3.63) is 65.7 Å². The summed E-state index contributed by atoms with van der Waals surface area (Å²) in [5.41, 5.74) is 2.24. The first-order valence-corrected chi connectivity index (χ1v) is 7.91. The molecule has 0 saturated carbocycles. The number of anilines is 1. The highest BCUT2D eigenvalue weighted by molar-refractivity contribution is 6.06. The van der Waals surface area contributed by atoms with Crippen LogP contribution >= 0.6 is 0 Å². The highest BCUT2D eigenvalue weighted by Gasteiger charge is 2.02. The van der Waals surface area contributed by atoms with Crippen molar-refractivity contribution < 1.29 is 14.3 Å². The average molecular weight is 323 g/mol. The van der Waals surface area contributed by atoms with E-state index in [-0.39, 0.29) is 11.7 Å². The van der Waals surface area contributed by atoms with E-state index in [2.05, 4.69) is 5.32 Å². The summed E-state index contributed by atoms with van der Waals surface area (Å²) in [5.74, 6) is 0.591. The molecular formula is C20H21NO3. The average Bonchev–Trinajstić information content (AvgIpc) is 2.59. The quantitative estimate of drug-likeness (QED) is 0.609. The zero-order valence-corrected chi connectivity index (χ0v) is 13.9. The zero-order valence-electron chi connectivity index (χ0n) is 13.9. The van der Waals surface area contributed by atoms with Crippen molar-refractivity contribution in [3.8, 4) is 5.75 Å². The summed E-state index contributed by atoms with van der Waals surface area (Å²) >= 11 is 0. The van der Waals surface area contributed by atoms with E-state index < -0.39 is 0 Å². The number of nitrogens with one attached hydrogen (secondary N) is 1. The predicted molar refractivity (Wildman–Crippen MR) is 96.3 cm³/mol. The molecule has 1 amide bonds. The lowest BCUT2D eigenvalue weighted by molar-refractivity contribution is -0.114. The molecule has 0 atom stereocenters. The number of amides is 1. The first-order valence-electron chi connectivity index (χ1n) is 7.91. The van der Waals surface area contributed by atoms with Gasteiger partial charge >= 0.3 is 0 Å². The molecular weight excluding hydrogens is 302 g/mol. The number of allylic oxidation sites excluding steroid dienone is 1. The monoisotopic (exact) mass is 323 g/mol. The molecule has 0 radical (unpaired) electrons. The second-order valence-corrected chi connectivity index (χ2v) is 5.37. The van der Waals surface area contributed by atoms with Crippen molar-refractivity contribution in [2.45, 2.75) is 20.3 Å². The summed E-state index contributed by atoms with van der Waals surface area (Å²) in [6.45, 7) is 4.18. The first kappa shape index (κ1) is 17.5. The van der Waals surface area contributed by atoms with Gasteiger partial charge in [0, 0.05) is 18.2 Å². The molecule has 2 rings (SSSR count). The SMILES string of the molecule is CCCOc1ccc(C(=O)/C=C/c2ccc(NC(C)=O)cc2)cc1. The van der Waals surface area contributed by atoms with Crippen LogP contribution in [0.3, 0.4) is 0 Å². The van der Waals surface area contributed by atoms with Gasteiger partial charge in [-0.1, -0.05) is 25.1 Å². The van der Waals surface area contributed by atoms with Crippen LogP contribution in [0.5, 0.6) is 5.75 Å². The zero-order chi connectivity index (χ0) is 17.4. The lowest BCUT2D eigenvalue weighted by Gasteiger charge is -2.04. The van der Waals surface area contributed by atoms with Gasteiger partial charge in [0.15, 0.2) is 5.78 Å². The number of carbonyl (C=O) groups is 2. The first-order chi connectivity index (χ1) is 11.6. The summed E-state index contributed by atoms with van der Waals surface area (Å²) in [6.07, 6.45) is 4.24. The topological polar surface area (TPSA) is 55.4 Å². The number of hydrogen-bond acceptors (Lipinski definition) is 3. The van der Waals surface area contributed by atoms with Gasteiger partial charge in [-0.2, -0.15) is 0 Å². The van der Waals surface area contributed by atoms with E-state index in [0.717, 1.165) is 23.4 Å². The van der Waals surface area contributed by atoms with E-state index in [4.69, 9.17) is 4.74 Å². The molecule has 0 aliphatic carbocycles. The molecule has 0 spiro atoms. The number of hydrogen-bond donors (Lipinski definition) is 1. The second kappa shape index (κ2) is 8.67. The van der Waals surface area contributed by atoms with E-state index in [1.165, 1.54) is 13.0 Å². The highest BCUT2D eigenvalue weighted by Crippen LogP contribution is 2.14. The van der Waals surface area contributed by atoms with Crippen LogP contribution in [0.2, 0.25) is 0 Å². The van der Waals surface area contributed by atoms with Crippen LogP contribution < -0.4 is 10.1 Å². The summed E-state index contributed by atoms with van der Waals surface area (Å²) < 4.78 is 5.50. The highest BCUT2D eigenvalue weighted by atomic mass is 16.5. The van der Waals surface area contributed by atoms with Gasteiger partial charge in [0.1, 0.15) is 5.75 Å². The summed E-state index contributed by atoms with van der Waals surface area (Å²) in [5, 5.41) is 2.70. The minimum Gasteiger partial charge on any atom is -0.494 e. The minimum atomic E-state index is -0.111. The third kappa shape index (κ3) is 5.39. The Morgan fingerprint density at radius 2 is 1.71 bits per heavy atom. The van der Waals surface area contributed by atoms with Crippen LogP contribution in [0, 0.1) is 0 Å². The predicted octanol–water partition coefficient (Wildman–Crippen LogP) is 4.33. The van der Waals surface area contributed by atoms with E-state index in [1.807, 2.05) is 19.1 Å². The maximum absolute atomic E-state index is 12.2. The molecule has 0 aromatic heterocycles. The normalized spacial score (nSPS) is 10.6. The van der Waals surface area contributed by atoms with Crippen LogP contribution in [0.15, 0.2) is 54.6 Å². The molecule has 124 valence electrons. The number of benzene rings is 2. The molecule has 0 heterocycles. The maximum atomic E-state index is 12.2. The van der Waals surface area contributed by atoms with Gasteiger partial charge in [0.25, 0.3) is 0 Å². The van der Waals surface area contributed by atoms with Crippen LogP contribution in [0.25, 0.3) is 6.08 Å². The van der Waals surface area contributed by atoms with Crippen molar-refractivity contribution in [2.24, 2.45) is 0 Å². The lowest BCUT2D eigenvalue weighted by Crippen LogP contribution is -2.05. The Bertz CT molecular complexity index is 716. The van der Waals surface area contributed by atoms with Crippen LogP contribution in [-0.2, 0) is 4.79 Å². The van der Waals surface area contributed by atoms with Crippen molar-refractivity contribution >= 4 is 23.5 Å². The number of ether oxygens (including phenoxy) is 1. The Morgan fingerprint density at radius 1 is 1.04 bits per heavy atom. The Hall–Kier alpha value is -2.88. The number of carbonyl (C=O) groups excluding carboxylic acids is 2. The molecule has 4 nitrogen and oxygen atoms in total. The lowest BCUT2D eigenvalue weighted by atomic mass is 10.1. The number of rotatable bonds is 7. The van der Waals surface area contributed by atoms with E-state index in [1.54, 1.807) is 42.5 Å². The summed E-state index contributed by atoms with van der Waals surface area (Å²) in [4.78, 5) is 23.1. The van der Waals surface area contributed by atoms with E-state index >= 15 is 0 Å². The van der Waals surface area contributed by atoms with Gasteiger partial charge in [-0.25, -0.2) is 0 Å². The second-order valence-electron chi connectivity index (χ2n) is 5.37. The van der Waals surface area contributed by atoms with Crippen LogP contribution in [0.4, 0.5) is 5.69 Å². The summed E-state index contributed by atoms with van der Waals surface area (Å²) in [7, 11) is 0. The minimum absolute atomic E-state index is 0.0667. The van der Waals surface area contributed by atoms with Gasteiger partial charge in [-0.15, -0.1) is 0 Å². The molecule has 24 heavy (non-hydrogen) atoms. The van der Waals surface area contributed by atoms with Gasteiger partial charge in [-0.05, 0) is 54.5 Å². The molecule has 1 N–H and O–H groups in total. The van der Waals surface area contributed by atoms with Crippen LogP contribution in [-0.4, -0.2) is 18.3 Å². The fourth-order valence-electron chi connectivity index (χ4n) is 2.08. The molecule has 0 aliphatic heterocycles. The van der Waals surface area contributed by atoms with Crippen molar-refractivity contribution in [3.63, 3.8) is 0 Å². The Labute approximate surface area is 142 Å². The maximum Gasteiger partial charge on any atom is 0.221 e. The number of ketones is 1. The van der Waals surface area contributed by atoms with Gasteiger partial charge in [0.2, 0.25) is 5.91 Å². The Balaban J connectivity index is 1.98. The van der Waals surface area contributed by atoms with Gasteiger partial charge in [-0.3, -0.25) is 9.59 Å². The molecule has 0 unspecified atom stereocenters. The Kier molecular flexibility index (Phi) is 6.32. The van der Waals surface area contributed by atoms with Crippen molar-refractivity contribution in [1.29, 1.82) is 0 Å². The fourth-order valence-corrected chi connectivity index (χ4v) is 2.08. The van der Waals surface area contributed by atoms with E-state index in [9.17, 15) is 9.59 Å². The molecule has 0 bridgehead atoms. The largest absolute Gasteiger partial charge is 0.494 e. The molecule has 0 fully saturated rings. The molecule has 4 heteroatoms. The van der Waals surface area contributed by atoms with Crippen molar-refractivity contribution in [1.82, 2.24) is 0 Å².